The molecule has 3 nitrogen and oxygen atoms in total. The van der Waals surface area contributed by atoms with Gasteiger partial charge in [0.25, 0.3) is 0 Å². The van der Waals surface area contributed by atoms with Gasteiger partial charge in [-0.2, -0.15) is 0 Å². The summed E-state index contributed by atoms with van der Waals surface area (Å²) in [6.45, 7) is 0.844. The lowest BCUT2D eigenvalue weighted by Gasteiger charge is -2.32. The third-order valence-corrected chi connectivity index (χ3v) is 5.16. The monoisotopic (exact) mass is 345 g/mol. The fourth-order valence-electron chi connectivity index (χ4n) is 2.81. The van der Waals surface area contributed by atoms with Gasteiger partial charge in [-0.3, -0.25) is 0 Å². The van der Waals surface area contributed by atoms with Crippen LogP contribution in [-0.2, 0) is 9.84 Å². The molecule has 1 saturated carbocycles. The maximum Gasteiger partial charge on any atom is 0.177 e. The molecule has 0 heterocycles. The minimum Gasteiger partial charge on any atom is -0.367 e. The van der Waals surface area contributed by atoms with E-state index in [-0.39, 0.29) is 0 Å². The summed E-state index contributed by atoms with van der Waals surface area (Å²) in [5.41, 5.74) is 0.858. The molecule has 1 aromatic carbocycles. The predicted octanol–water partition coefficient (Wildman–Crippen LogP) is 3.23. The van der Waals surface area contributed by atoms with Crippen molar-refractivity contribution < 1.29 is 8.42 Å². The molecule has 0 radical (unpaired) electrons. The SMILES string of the molecule is CS(=O)(=O)c1ccccc1N(CCBr)C1CCCC1. The molecule has 1 aromatic rings. The van der Waals surface area contributed by atoms with Crippen molar-refractivity contribution in [2.75, 3.05) is 23.0 Å². The number of halogens is 1. The van der Waals surface area contributed by atoms with Crippen molar-refractivity contribution in [2.24, 2.45) is 0 Å². The van der Waals surface area contributed by atoms with E-state index < -0.39 is 9.84 Å². The maximum atomic E-state index is 11.9. The van der Waals surface area contributed by atoms with Gasteiger partial charge in [0.1, 0.15) is 0 Å². The zero-order valence-electron chi connectivity index (χ0n) is 11.2. The average molecular weight is 346 g/mol. The molecular weight excluding hydrogens is 326 g/mol. The van der Waals surface area contributed by atoms with E-state index >= 15 is 0 Å². The molecule has 2 rings (SSSR count). The Morgan fingerprint density at radius 3 is 2.47 bits per heavy atom. The lowest BCUT2D eigenvalue weighted by atomic mass is 10.2. The molecule has 0 spiro atoms. The van der Waals surface area contributed by atoms with Gasteiger partial charge in [-0.25, -0.2) is 8.42 Å². The van der Waals surface area contributed by atoms with E-state index in [4.69, 9.17) is 0 Å². The van der Waals surface area contributed by atoms with Crippen LogP contribution in [0.1, 0.15) is 25.7 Å². The van der Waals surface area contributed by atoms with Crippen LogP contribution in [-0.4, -0.2) is 32.6 Å². The largest absolute Gasteiger partial charge is 0.367 e. The molecular formula is C14H20BrNO2S. The molecule has 1 aliphatic rings. The van der Waals surface area contributed by atoms with E-state index in [1.807, 2.05) is 12.1 Å². The normalized spacial score (nSPS) is 16.7. The average Bonchev–Trinajstić information content (AvgIpc) is 2.88. The van der Waals surface area contributed by atoms with Gasteiger partial charge in [-0.05, 0) is 25.0 Å². The van der Waals surface area contributed by atoms with Crippen LogP contribution in [0.25, 0.3) is 0 Å². The number of nitrogens with zero attached hydrogens (tertiary/aromatic N) is 1. The van der Waals surface area contributed by atoms with Gasteiger partial charge >= 0.3 is 0 Å². The van der Waals surface area contributed by atoms with Crippen molar-refractivity contribution in [2.45, 2.75) is 36.6 Å². The van der Waals surface area contributed by atoms with Crippen molar-refractivity contribution >= 4 is 31.5 Å². The third-order valence-electron chi connectivity index (χ3n) is 3.67. The number of hydrogen-bond acceptors (Lipinski definition) is 3. The zero-order valence-corrected chi connectivity index (χ0v) is 13.6. The first-order chi connectivity index (χ1) is 9.04. The first-order valence-corrected chi connectivity index (χ1v) is 9.67. The van der Waals surface area contributed by atoms with Crippen LogP contribution in [0.4, 0.5) is 5.69 Å². The van der Waals surface area contributed by atoms with Crippen LogP contribution in [0.3, 0.4) is 0 Å². The van der Waals surface area contributed by atoms with E-state index in [0.717, 1.165) is 30.4 Å². The number of alkyl halides is 1. The number of anilines is 1. The van der Waals surface area contributed by atoms with Gasteiger partial charge in [0.05, 0.1) is 10.6 Å². The van der Waals surface area contributed by atoms with Crippen LogP contribution in [0.15, 0.2) is 29.2 Å². The summed E-state index contributed by atoms with van der Waals surface area (Å²) in [4.78, 5) is 2.71. The molecule has 0 N–H and O–H groups in total. The van der Waals surface area contributed by atoms with Crippen LogP contribution in [0.2, 0.25) is 0 Å². The van der Waals surface area contributed by atoms with Gasteiger partial charge in [0.15, 0.2) is 9.84 Å². The fraction of sp³-hybridized carbons (Fsp3) is 0.571. The Bertz CT molecular complexity index is 524. The highest BCUT2D eigenvalue weighted by Crippen LogP contribution is 2.32. The quantitative estimate of drug-likeness (QED) is 0.768. The van der Waals surface area contributed by atoms with Crippen molar-refractivity contribution in [1.82, 2.24) is 0 Å². The smallest absolute Gasteiger partial charge is 0.177 e. The number of rotatable bonds is 5. The lowest BCUT2D eigenvalue weighted by Crippen LogP contribution is -2.35. The third kappa shape index (κ3) is 3.51. The van der Waals surface area contributed by atoms with Crippen molar-refractivity contribution in [1.29, 1.82) is 0 Å². The van der Waals surface area contributed by atoms with Gasteiger partial charge in [0, 0.05) is 24.2 Å². The molecule has 19 heavy (non-hydrogen) atoms. The van der Waals surface area contributed by atoms with Gasteiger partial charge in [-0.15, -0.1) is 0 Å². The predicted molar refractivity (Wildman–Crippen MR) is 82.9 cm³/mol. The Morgan fingerprint density at radius 1 is 1.26 bits per heavy atom. The summed E-state index contributed by atoms with van der Waals surface area (Å²) in [6.07, 6.45) is 6.08. The minimum absolute atomic E-state index is 0.447. The fourth-order valence-corrected chi connectivity index (χ4v) is 4.09. The van der Waals surface area contributed by atoms with Gasteiger partial charge < -0.3 is 4.90 Å². The minimum atomic E-state index is -3.18. The Hall–Kier alpha value is -0.550. The van der Waals surface area contributed by atoms with Crippen molar-refractivity contribution in [3.8, 4) is 0 Å². The topological polar surface area (TPSA) is 37.4 Å². The lowest BCUT2D eigenvalue weighted by molar-refractivity contribution is 0.595. The van der Waals surface area contributed by atoms with Crippen molar-refractivity contribution in [3.05, 3.63) is 24.3 Å². The number of sulfone groups is 1. The van der Waals surface area contributed by atoms with Gasteiger partial charge in [-0.1, -0.05) is 40.9 Å². The van der Waals surface area contributed by atoms with E-state index in [0.29, 0.717) is 10.9 Å². The standard InChI is InChI=1S/C14H20BrNO2S/c1-19(17,18)14-9-5-4-8-13(14)16(11-10-15)12-6-2-3-7-12/h4-5,8-9,12H,2-3,6-7,10-11H2,1H3. The van der Waals surface area contributed by atoms with Crippen molar-refractivity contribution in [3.63, 3.8) is 0 Å². The Morgan fingerprint density at radius 2 is 1.89 bits per heavy atom. The molecule has 0 aliphatic heterocycles. The Balaban J connectivity index is 2.41. The van der Waals surface area contributed by atoms with Crippen LogP contribution in [0, 0.1) is 0 Å². The number of hydrogen-bond donors (Lipinski definition) is 0. The molecule has 5 heteroatoms. The second-order valence-electron chi connectivity index (χ2n) is 5.06. The van der Waals surface area contributed by atoms with Gasteiger partial charge in [0.2, 0.25) is 0 Å². The summed E-state index contributed by atoms with van der Waals surface area (Å²) in [7, 11) is -3.18. The second kappa shape index (κ2) is 6.27. The first-order valence-electron chi connectivity index (χ1n) is 6.65. The molecule has 0 aromatic heterocycles. The highest BCUT2D eigenvalue weighted by Gasteiger charge is 2.26. The molecule has 1 fully saturated rings. The molecule has 0 unspecified atom stereocenters. The van der Waals surface area contributed by atoms with E-state index in [1.54, 1.807) is 12.1 Å². The van der Waals surface area contributed by atoms with Crippen LogP contribution >= 0.6 is 15.9 Å². The summed E-state index contributed by atoms with van der Waals surface area (Å²) in [6, 6.07) is 7.82. The number of para-hydroxylation sites is 1. The highest BCUT2D eigenvalue weighted by molar-refractivity contribution is 9.09. The van der Waals surface area contributed by atoms with E-state index in [2.05, 4.69) is 20.8 Å². The molecule has 0 amide bonds. The second-order valence-corrected chi connectivity index (χ2v) is 7.84. The maximum absolute atomic E-state index is 11.9. The zero-order chi connectivity index (χ0) is 13.9. The molecule has 106 valence electrons. The summed E-state index contributed by atoms with van der Waals surface area (Å²) >= 11 is 3.48. The molecule has 0 saturated heterocycles. The molecule has 0 bridgehead atoms. The summed E-state index contributed by atoms with van der Waals surface area (Å²) < 4.78 is 23.9. The Kier molecular flexibility index (Phi) is 4.90. The first kappa shape index (κ1) is 14.9. The summed E-state index contributed by atoms with van der Waals surface area (Å²) in [5.74, 6) is 0. The van der Waals surface area contributed by atoms with Crippen LogP contribution in [0.5, 0.6) is 0 Å². The molecule has 0 atom stereocenters. The van der Waals surface area contributed by atoms with Crippen LogP contribution < -0.4 is 4.90 Å². The highest BCUT2D eigenvalue weighted by atomic mass is 79.9. The Labute approximate surface area is 124 Å². The number of benzene rings is 1. The molecule has 1 aliphatic carbocycles. The van der Waals surface area contributed by atoms with E-state index in [1.165, 1.54) is 19.1 Å². The van der Waals surface area contributed by atoms with E-state index in [9.17, 15) is 8.42 Å². The summed E-state index contributed by atoms with van der Waals surface area (Å²) in [5, 5.41) is 0.849.